The van der Waals surface area contributed by atoms with Crippen LogP contribution in [0.5, 0.6) is 0 Å². The number of aliphatic carboxylic acids is 1. The Bertz CT molecular complexity index is 695. The number of H-pyrrole nitrogens is 1. The highest BCUT2D eigenvalue weighted by atomic mass is 16.4. The summed E-state index contributed by atoms with van der Waals surface area (Å²) in [6, 6.07) is 6.80. The molecule has 1 aromatic heterocycles. The van der Waals surface area contributed by atoms with Gasteiger partial charge in [0, 0.05) is 17.3 Å². The SMILES string of the molecule is O=C=C1NC(C(=O)O)Cc2c1[nH]c1ccccc21. The molecule has 5 nitrogen and oxygen atoms in total. The molecule has 5 heteroatoms. The summed E-state index contributed by atoms with van der Waals surface area (Å²) in [4.78, 5) is 25.1. The van der Waals surface area contributed by atoms with E-state index in [1.165, 1.54) is 0 Å². The molecule has 90 valence electrons. The first kappa shape index (κ1) is 10.6. The van der Waals surface area contributed by atoms with E-state index in [9.17, 15) is 9.59 Å². The van der Waals surface area contributed by atoms with E-state index in [0.29, 0.717) is 12.1 Å². The van der Waals surface area contributed by atoms with Crippen LogP contribution in [-0.2, 0) is 16.0 Å². The maximum Gasteiger partial charge on any atom is 0.326 e. The van der Waals surface area contributed by atoms with E-state index in [-0.39, 0.29) is 5.70 Å². The lowest BCUT2D eigenvalue weighted by molar-refractivity contribution is -0.139. The van der Waals surface area contributed by atoms with E-state index >= 15 is 0 Å². The molecule has 2 aromatic rings. The molecule has 3 rings (SSSR count). The number of fused-ring (bicyclic) bond motifs is 3. The van der Waals surface area contributed by atoms with Gasteiger partial charge in [-0.3, -0.25) is 0 Å². The summed E-state index contributed by atoms with van der Waals surface area (Å²) >= 11 is 0. The highest BCUT2D eigenvalue weighted by Crippen LogP contribution is 2.30. The average Bonchev–Trinajstić information content (AvgIpc) is 2.76. The number of nitrogens with one attached hydrogen (secondary N) is 2. The van der Waals surface area contributed by atoms with Gasteiger partial charge in [-0.15, -0.1) is 0 Å². The van der Waals surface area contributed by atoms with Crippen molar-refractivity contribution in [3.63, 3.8) is 0 Å². The summed E-state index contributed by atoms with van der Waals surface area (Å²) in [6.07, 6.45) is 0.347. The Kier molecular flexibility index (Phi) is 2.21. The van der Waals surface area contributed by atoms with Gasteiger partial charge in [0.25, 0.3) is 0 Å². The van der Waals surface area contributed by atoms with Gasteiger partial charge in [-0.05, 0) is 11.6 Å². The monoisotopic (exact) mass is 242 g/mol. The van der Waals surface area contributed by atoms with Crippen LogP contribution in [0.4, 0.5) is 0 Å². The molecule has 1 aliphatic rings. The predicted octanol–water partition coefficient (Wildman–Crippen LogP) is 0.939. The van der Waals surface area contributed by atoms with E-state index in [0.717, 1.165) is 16.5 Å². The van der Waals surface area contributed by atoms with Crippen molar-refractivity contribution in [2.75, 3.05) is 0 Å². The number of carbonyl (C=O) groups is 1. The summed E-state index contributed by atoms with van der Waals surface area (Å²) < 4.78 is 0. The molecular weight excluding hydrogens is 232 g/mol. The largest absolute Gasteiger partial charge is 0.480 e. The number of rotatable bonds is 1. The lowest BCUT2D eigenvalue weighted by atomic mass is 9.97. The normalized spacial score (nSPS) is 18.0. The van der Waals surface area contributed by atoms with Gasteiger partial charge >= 0.3 is 5.97 Å². The van der Waals surface area contributed by atoms with Crippen LogP contribution in [0.3, 0.4) is 0 Å². The van der Waals surface area contributed by atoms with Gasteiger partial charge in [0.1, 0.15) is 11.7 Å². The Balaban J connectivity index is 2.25. The molecule has 0 aliphatic carbocycles. The number of aromatic nitrogens is 1. The van der Waals surface area contributed by atoms with E-state index < -0.39 is 12.0 Å². The van der Waals surface area contributed by atoms with Gasteiger partial charge in [-0.25, -0.2) is 9.59 Å². The maximum absolute atomic E-state index is 11.1. The molecule has 18 heavy (non-hydrogen) atoms. The van der Waals surface area contributed by atoms with Crippen LogP contribution in [0.2, 0.25) is 0 Å². The van der Waals surface area contributed by atoms with Gasteiger partial charge < -0.3 is 15.4 Å². The number of hydrogen-bond acceptors (Lipinski definition) is 3. The van der Waals surface area contributed by atoms with Crippen LogP contribution in [0, 0.1) is 0 Å². The topological polar surface area (TPSA) is 82.2 Å². The highest BCUT2D eigenvalue weighted by Gasteiger charge is 2.30. The zero-order valence-corrected chi connectivity index (χ0v) is 9.36. The van der Waals surface area contributed by atoms with Crippen molar-refractivity contribution in [2.45, 2.75) is 12.5 Å². The molecule has 0 spiro atoms. The predicted molar refractivity (Wildman–Crippen MR) is 65.7 cm³/mol. The van der Waals surface area contributed by atoms with Crippen molar-refractivity contribution in [1.29, 1.82) is 0 Å². The second-order valence-corrected chi connectivity index (χ2v) is 4.24. The van der Waals surface area contributed by atoms with Crippen LogP contribution < -0.4 is 5.32 Å². The van der Waals surface area contributed by atoms with Gasteiger partial charge in [0.2, 0.25) is 0 Å². The molecule has 1 unspecified atom stereocenters. The van der Waals surface area contributed by atoms with E-state index in [2.05, 4.69) is 10.3 Å². The number of para-hydroxylation sites is 1. The van der Waals surface area contributed by atoms with Crippen molar-refractivity contribution < 1.29 is 14.7 Å². The third-order valence-corrected chi connectivity index (χ3v) is 3.19. The van der Waals surface area contributed by atoms with Crippen molar-refractivity contribution in [3.05, 3.63) is 35.5 Å². The van der Waals surface area contributed by atoms with Gasteiger partial charge in [0.15, 0.2) is 5.94 Å². The van der Waals surface area contributed by atoms with Crippen molar-refractivity contribution in [3.8, 4) is 0 Å². The number of carboxylic acid groups (broad SMARTS) is 1. The number of carboxylic acids is 1. The minimum atomic E-state index is -0.973. The third kappa shape index (κ3) is 1.42. The number of benzene rings is 1. The summed E-state index contributed by atoms with van der Waals surface area (Å²) in [6.45, 7) is 0. The Labute approximate surface area is 102 Å². The molecule has 1 aromatic carbocycles. The first-order valence-corrected chi connectivity index (χ1v) is 5.55. The number of carbonyl (C=O) groups excluding carboxylic acids is 1. The molecule has 3 N–H and O–H groups in total. The Hall–Kier alpha value is -2.52. The van der Waals surface area contributed by atoms with Crippen LogP contribution in [0.25, 0.3) is 16.6 Å². The van der Waals surface area contributed by atoms with Gasteiger partial charge in [-0.1, -0.05) is 18.2 Å². The molecule has 0 saturated carbocycles. The second kappa shape index (κ2) is 3.75. The van der Waals surface area contributed by atoms with E-state index in [4.69, 9.17) is 5.11 Å². The molecular formula is C13H10N2O3. The van der Waals surface area contributed by atoms with Gasteiger partial charge in [0.05, 0.1) is 5.69 Å². The highest BCUT2D eigenvalue weighted by molar-refractivity contribution is 5.97. The lowest BCUT2D eigenvalue weighted by Crippen LogP contribution is -2.40. The molecule has 1 aliphatic heterocycles. The Morgan fingerprint density at radius 1 is 1.39 bits per heavy atom. The molecule has 0 saturated heterocycles. The first-order valence-electron chi connectivity index (χ1n) is 5.55. The number of hydrogen-bond donors (Lipinski definition) is 3. The third-order valence-electron chi connectivity index (χ3n) is 3.19. The Morgan fingerprint density at radius 3 is 2.89 bits per heavy atom. The quantitative estimate of drug-likeness (QED) is 0.650. The zero-order valence-electron chi connectivity index (χ0n) is 9.36. The fourth-order valence-corrected chi connectivity index (χ4v) is 2.36. The van der Waals surface area contributed by atoms with Crippen LogP contribution in [0.1, 0.15) is 11.3 Å². The first-order chi connectivity index (χ1) is 8.70. The summed E-state index contributed by atoms with van der Waals surface area (Å²) in [5.74, 6) is 0.793. The smallest absolute Gasteiger partial charge is 0.326 e. The van der Waals surface area contributed by atoms with E-state index in [1.807, 2.05) is 24.3 Å². The minimum absolute atomic E-state index is 0.180. The summed E-state index contributed by atoms with van der Waals surface area (Å²) in [7, 11) is 0. The minimum Gasteiger partial charge on any atom is -0.480 e. The van der Waals surface area contributed by atoms with Crippen molar-refractivity contribution in [1.82, 2.24) is 10.3 Å². The van der Waals surface area contributed by atoms with E-state index in [1.54, 1.807) is 5.94 Å². The van der Waals surface area contributed by atoms with Crippen molar-refractivity contribution >= 4 is 28.5 Å². The van der Waals surface area contributed by atoms with Crippen LogP contribution in [-0.4, -0.2) is 28.0 Å². The molecule has 0 radical (unpaired) electrons. The number of aromatic amines is 1. The summed E-state index contributed by atoms with van der Waals surface area (Å²) in [5, 5.41) is 12.7. The molecule has 0 fully saturated rings. The molecule has 1 atom stereocenters. The fraction of sp³-hybridized carbons (Fsp3) is 0.154. The molecule has 2 heterocycles. The van der Waals surface area contributed by atoms with Crippen molar-refractivity contribution in [2.24, 2.45) is 0 Å². The van der Waals surface area contributed by atoms with Gasteiger partial charge in [-0.2, -0.15) is 0 Å². The average molecular weight is 242 g/mol. The maximum atomic E-state index is 11.1. The standard InChI is InChI=1S/C13H10N2O3/c16-6-11-12-8(5-10(14-11)13(17)18)7-3-1-2-4-9(7)15-12/h1-4,10,14-15H,5H2,(H,17,18). The molecule has 0 bridgehead atoms. The second-order valence-electron chi connectivity index (χ2n) is 4.24. The lowest BCUT2D eigenvalue weighted by Gasteiger charge is -2.21. The summed E-state index contributed by atoms with van der Waals surface area (Å²) in [5.41, 5.74) is 2.57. The fourth-order valence-electron chi connectivity index (χ4n) is 2.36. The Morgan fingerprint density at radius 2 is 2.17 bits per heavy atom. The zero-order chi connectivity index (χ0) is 12.7. The van der Waals surface area contributed by atoms with Crippen LogP contribution in [0.15, 0.2) is 24.3 Å². The van der Waals surface area contributed by atoms with Crippen LogP contribution >= 0.6 is 0 Å². The molecule has 0 amide bonds.